The molecule has 1 N–H and O–H groups in total. The number of rotatable bonds is 5. The Morgan fingerprint density at radius 1 is 1.26 bits per heavy atom. The molecule has 3 heterocycles. The zero-order valence-corrected chi connectivity index (χ0v) is 20.7. The van der Waals surface area contributed by atoms with Gasteiger partial charge in [-0.3, -0.25) is 9.58 Å². The summed E-state index contributed by atoms with van der Waals surface area (Å²) in [5.74, 6) is 0.0137. The normalized spacial score (nSPS) is 19.7. The molecule has 1 aromatic heterocycles. The van der Waals surface area contributed by atoms with Gasteiger partial charge in [-0.25, -0.2) is 4.79 Å². The van der Waals surface area contributed by atoms with Crippen LogP contribution in [0.5, 0.6) is 11.5 Å². The lowest BCUT2D eigenvalue weighted by molar-refractivity contribution is -0.138. The van der Waals surface area contributed by atoms with Crippen molar-refractivity contribution in [2.24, 2.45) is 7.05 Å². The van der Waals surface area contributed by atoms with Crippen LogP contribution in [0, 0.1) is 0 Å². The highest BCUT2D eigenvalue weighted by molar-refractivity contribution is 5.92. The van der Waals surface area contributed by atoms with Crippen molar-refractivity contribution in [3.05, 3.63) is 81.7 Å². The number of hydrogen-bond donors (Lipinski definition) is 1. The van der Waals surface area contributed by atoms with Crippen molar-refractivity contribution in [3.63, 3.8) is 0 Å². The molecule has 0 fully saturated rings. The molecule has 0 unspecified atom stereocenters. The van der Waals surface area contributed by atoms with Gasteiger partial charge < -0.3 is 14.6 Å². The summed E-state index contributed by atoms with van der Waals surface area (Å²) in [6, 6.07) is 7.94. The fraction of sp³-hybridized carbons (Fsp3) is 0.357. The molecule has 38 heavy (non-hydrogen) atoms. The Kier molecular flexibility index (Phi) is 5.94. The lowest BCUT2D eigenvalue weighted by Crippen LogP contribution is -2.31. The van der Waals surface area contributed by atoms with E-state index in [1.807, 2.05) is 13.2 Å². The maximum atomic E-state index is 14.1. The first kappa shape index (κ1) is 24.5. The molecule has 0 amide bonds. The predicted octanol–water partition coefficient (Wildman–Crippen LogP) is 4.92. The SMILES string of the molecule is Cn1cc2c(n1)CCN(Cc1c(C(F)(F)F)ccc3c1CC[C@H]3Oc1ccc3c(c1)OC/C3=C\C(=O)O)C2. The van der Waals surface area contributed by atoms with Crippen LogP contribution in [0.2, 0.25) is 0 Å². The topological polar surface area (TPSA) is 76.8 Å². The van der Waals surface area contributed by atoms with Gasteiger partial charge in [-0.15, -0.1) is 0 Å². The number of carbonyl (C=O) groups is 1. The second-order valence-electron chi connectivity index (χ2n) is 9.99. The van der Waals surface area contributed by atoms with E-state index in [4.69, 9.17) is 14.6 Å². The van der Waals surface area contributed by atoms with Crippen molar-refractivity contribution in [1.82, 2.24) is 14.7 Å². The third-order valence-corrected chi connectivity index (χ3v) is 7.47. The number of benzene rings is 2. The molecular formula is C28H26F3N3O4. The van der Waals surface area contributed by atoms with Gasteiger partial charge in [-0.1, -0.05) is 6.07 Å². The molecule has 0 spiro atoms. The molecule has 7 nitrogen and oxygen atoms in total. The van der Waals surface area contributed by atoms with Gasteiger partial charge in [0, 0.05) is 68.1 Å². The number of ether oxygens (including phenoxy) is 2. The highest BCUT2D eigenvalue weighted by Crippen LogP contribution is 2.44. The summed E-state index contributed by atoms with van der Waals surface area (Å²) in [4.78, 5) is 13.1. The lowest BCUT2D eigenvalue weighted by Gasteiger charge is -2.28. The first-order chi connectivity index (χ1) is 18.2. The van der Waals surface area contributed by atoms with E-state index in [9.17, 15) is 18.0 Å². The predicted molar refractivity (Wildman–Crippen MR) is 132 cm³/mol. The number of aliphatic carboxylic acids is 1. The number of hydrogen-bond acceptors (Lipinski definition) is 5. The molecule has 3 aromatic rings. The minimum Gasteiger partial charge on any atom is -0.488 e. The van der Waals surface area contributed by atoms with Crippen LogP contribution in [-0.4, -0.2) is 38.9 Å². The summed E-state index contributed by atoms with van der Waals surface area (Å²) in [6.45, 7) is 1.60. The van der Waals surface area contributed by atoms with Crippen LogP contribution >= 0.6 is 0 Å². The molecule has 1 aliphatic carbocycles. The van der Waals surface area contributed by atoms with Crippen molar-refractivity contribution in [2.75, 3.05) is 13.2 Å². The molecule has 10 heteroatoms. The fourth-order valence-electron chi connectivity index (χ4n) is 5.80. The number of aryl methyl sites for hydroxylation is 1. The minimum absolute atomic E-state index is 0.165. The zero-order valence-electron chi connectivity index (χ0n) is 20.7. The molecule has 198 valence electrons. The average Bonchev–Trinajstić information content (AvgIpc) is 3.54. The highest BCUT2D eigenvalue weighted by Gasteiger charge is 2.38. The number of aromatic nitrogens is 2. The van der Waals surface area contributed by atoms with E-state index in [0.29, 0.717) is 66.1 Å². The maximum Gasteiger partial charge on any atom is 0.416 e. The van der Waals surface area contributed by atoms with Gasteiger partial charge in [-0.05, 0) is 47.7 Å². The standard InChI is InChI=1S/C28H26F3N3O4/c1-33-12-17-13-34(9-8-24(17)32-33)14-22-20-5-7-25(21(20)4-6-23(22)28(29,30)31)38-18-2-3-19-16(10-27(35)36)15-37-26(19)11-18/h2-4,6,10-12,25H,5,7-9,13-15H2,1H3,(H,35,36)/b16-10+/t25-/m1/s1. The highest BCUT2D eigenvalue weighted by atomic mass is 19.4. The molecule has 0 radical (unpaired) electrons. The largest absolute Gasteiger partial charge is 0.488 e. The molecule has 2 aromatic carbocycles. The minimum atomic E-state index is -4.45. The van der Waals surface area contributed by atoms with E-state index < -0.39 is 17.7 Å². The quantitative estimate of drug-likeness (QED) is 0.477. The Morgan fingerprint density at radius 3 is 2.89 bits per heavy atom. The number of carboxylic acids is 1. The van der Waals surface area contributed by atoms with Crippen LogP contribution in [0.3, 0.4) is 0 Å². The van der Waals surface area contributed by atoms with Crippen molar-refractivity contribution < 1.29 is 32.5 Å². The molecule has 0 bridgehead atoms. The number of halogens is 3. The van der Waals surface area contributed by atoms with Crippen molar-refractivity contribution in [3.8, 4) is 11.5 Å². The molecule has 3 aliphatic rings. The number of alkyl halides is 3. The number of carboxylic acid groups (broad SMARTS) is 1. The molecule has 2 aliphatic heterocycles. The van der Waals surface area contributed by atoms with Gasteiger partial charge in [0.2, 0.25) is 0 Å². The fourth-order valence-corrected chi connectivity index (χ4v) is 5.80. The maximum absolute atomic E-state index is 14.1. The Morgan fingerprint density at radius 2 is 2.11 bits per heavy atom. The number of fused-ring (bicyclic) bond motifs is 3. The Bertz CT molecular complexity index is 1460. The van der Waals surface area contributed by atoms with E-state index in [1.165, 1.54) is 6.07 Å². The summed E-state index contributed by atoms with van der Waals surface area (Å²) < 4.78 is 55.8. The Hall–Kier alpha value is -3.79. The smallest absolute Gasteiger partial charge is 0.416 e. The van der Waals surface area contributed by atoms with Crippen LogP contribution in [0.4, 0.5) is 13.2 Å². The zero-order chi connectivity index (χ0) is 26.6. The summed E-state index contributed by atoms with van der Waals surface area (Å²) in [7, 11) is 1.85. The van der Waals surface area contributed by atoms with Crippen molar-refractivity contribution in [1.29, 1.82) is 0 Å². The summed E-state index contributed by atoms with van der Waals surface area (Å²) in [5.41, 5.74) is 4.57. The van der Waals surface area contributed by atoms with Crippen LogP contribution in [-0.2, 0) is 43.9 Å². The van der Waals surface area contributed by atoms with E-state index >= 15 is 0 Å². The van der Waals surface area contributed by atoms with Crippen LogP contribution in [0.1, 0.15) is 51.6 Å². The summed E-state index contributed by atoms with van der Waals surface area (Å²) in [6.07, 6.45) is 0.00416. The molecule has 6 rings (SSSR count). The third kappa shape index (κ3) is 4.53. The van der Waals surface area contributed by atoms with Crippen molar-refractivity contribution in [2.45, 2.75) is 44.6 Å². The molecule has 0 saturated heterocycles. The molecular weight excluding hydrogens is 499 g/mol. The third-order valence-electron chi connectivity index (χ3n) is 7.47. The van der Waals surface area contributed by atoms with Gasteiger partial charge >= 0.3 is 12.1 Å². The first-order valence-electron chi connectivity index (χ1n) is 12.5. The Balaban J connectivity index is 1.27. The van der Waals surface area contributed by atoms with Gasteiger partial charge in [0.25, 0.3) is 0 Å². The monoisotopic (exact) mass is 525 g/mol. The van der Waals surface area contributed by atoms with E-state index in [0.717, 1.165) is 22.9 Å². The van der Waals surface area contributed by atoms with Crippen LogP contribution in [0.25, 0.3) is 5.57 Å². The second-order valence-corrected chi connectivity index (χ2v) is 9.99. The lowest BCUT2D eigenvalue weighted by atomic mass is 9.95. The van der Waals surface area contributed by atoms with Crippen molar-refractivity contribution >= 4 is 11.5 Å². The summed E-state index contributed by atoms with van der Waals surface area (Å²) >= 11 is 0. The van der Waals surface area contributed by atoms with Gasteiger partial charge in [0.05, 0.1) is 11.3 Å². The van der Waals surface area contributed by atoms with E-state index in [2.05, 4.69) is 10.00 Å². The molecule has 0 saturated carbocycles. The molecule has 1 atom stereocenters. The van der Waals surface area contributed by atoms with Crippen LogP contribution < -0.4 is 9.47 Å². The number of nitrogens with zero attached hydrogens (tertiary/aromatic N) is 3. The summed E-state index contributed by atoms with van der Waals surface area (Å²) in [5, 5.41) is 13.5. The van der Waals surface area contributed by atoms with E-state index in [1.54, 1.807) is 28.9 Å². The second kappa shape index (κ2) is 9.20. The first-order valence-corrected chi connectivity index (χ1v) is 12.5. The van der Waals surface area contributed by atoms with Gasteiger partial charge in [0.1, 0.15) is 24.2 Å². The Labute approximate surface area is 217 Å². The average molecular weight is 526 g/mol. The van der Waals surface area contributed by atoms with E-state index in [-0.39, 0.29) is 19.3 Å². The van der Waals surface area contributed by atoms with Crippen LogP contribution in [0.15, 0.2) is 42.6 Å². The van der Waals surface area contributed by atoms with Gasteiger partial charge in [0.15, 0.2) is 0 Å². The van der Waals surface area contributed by atoms with Gasteiger partial charge in [-0.2, -0.15) is 18.3 Å².